The Bertz CT molecular complexity index is 124. The molecule has 0 amide bonds. The highest BCUT2D eigenvalue weighted by molar-refractivity contribution is 8.04. The molecule has 0 aromatic rings. The van der Waals surface area contributed by atoms with Crippen molar-refractivity contribution in [3.05, 3.63) is 11.5 Å². The summed E-state index contributed by atoms with van der Waals surface area (Å²) in [5.74, 6) is 0.450. The molecule has 0 aliphatic heterocycles. The summed E-state index contributed by atoms with van der Waals surface area (Å²) < 4.78 is 10.8. The van der Waals surface area contributed by atoms with E-state index >= 15 is 0 Å². The van der Waals surface area contributed by atoms with Crippen LogP contribution in [0.1, 0.15) is 0 Å². The Hall–Kier alpha value is 0.180. The van der Waals surface area contributed by atoms with Gasteiger partial charge in [-0.3, -0.25) is 4.21 Å². The van der Waals surface area contributed by atoms with Gasteiger partial charge in [-0.1, -0.05) is 16.0 Å². The molecule has 0 heterocycles. The first kappa shape index (κ1) is 8.18. The van der Waals surface area contributed by atoms with Crippen molar-refractivity contribution >= 4 is 21.5 Å². The van der Waals surface area contributed by atoms with E-state index in [-0.39, 0.29) is 0 Å². The minimum atomic E-state index is -1.95. The molecule has 50 valence electrons. The van der Waals surface area contributed by atoms with Crippen molar-refractivity contribution in [2.24, 2.45) is 0 Å². The molecule has 0 aromatic heterocycles. The van der Waals surface area contributed by atoms with Gasteiger partial charge in [0.25, 0.3) is 0 Å². The zero-order chi connectivity index (χ0) is 6.62. The number of hydrogen-bond acceptors (Lipinski definition) is 1. The van der Waals surface area contributed by atoms with Crippen LogP contribution in [0.5, 0.6) is 0 Å². The van der Waals surface area contributed by atoms with E-state index in [4.69, 9.17) is 11.6 Å². The van der Waals surface area contributed by atoms with E-state index in [2.05, 4.69) is 0 Å². The van der Waals surface area contributed by atoms with Gasteiger partial charge < -0.3 is 0 Å². The standard InChI is InChI=1S/C5H11ClOS/c1-8(2,7)5-3-4-6/h3,5,8H,4H2,1-2H3. The molecule has 0 unspecified atom stereocenters. The molecule has 0 spiro atoms. The van der Waals surface area contributed by atoms with E-state index in [9.17, 15) is 4.21 Å². The predicted octanol–water partition coefficient (Wildman–Crippen LogP) is 1.02. The lowest BCUT2D eigenvalue weighted by molar-refractivity contribution is 0.684. The van der Waals surface area contributed by atoms with Gasteiger partial charge >= 0.3 is 0 Å². The Morgan fingerprint density at radius 1 is 1.62 bits per heavy atom. The Morgan fingerprint density at radius 2 is 2.12 bits per heavy atom. The second kappa shape index (κ2) is 3.25. The van der Waals surface area contributed by atoms with Gasteiger partial charge in [-0.25, -0.2) is 0 Å². The average molecular weight is 155 g/mol. The van der Waals surface area contributed by atoms with Crippen LogP contribution < -0.4 is 0 Å². The van der Waals surface area contributed by atoms with Crippen molar-refractivity contribution in [3.8, 4) is 0 Å². The summed E-state index contributed by atoms with van der Waals surface area (Å²) in [5.41, 5.74) is 0. The summed E-state index contributed by atoms with van der Waals surface area (Å²) >= 11 is 5.30. The van der Waals surface area contributed by atoms with Gasteiger partial charge in [-0.05, 0) is 17.9 Å². The summed E-state index contributed by atoms with van der Waals surface area (Å²) in [4.78, 5) is 0. The zero-order valence-corrected chi connectivity index (χ0v) is 6.75. The molecule has 0 atom stereocenters. The lowest BCUT2D eigenvalue weighted by Gasteiger charge is -2.01. The average Bonchev–Trinajstić information content (AvgIpc) is 1.59. The van der Waals surface area contributed by atoms with Gasteiger partial charge in [-0.2, -0.15) is 0 Å². The van der Waals surface area contributed by atoms with Crippen molar-refractivity contribution in [1.82, 2.24) is 0 Å². The second-order valence-electron chi connectivity index (χ2n) is 1.97. The zero-order valence-electron chi connectivity index (χ0n) is 5.10. The highest BCUT2D eigenvalue weighted by Crippen LogP contribution is 1.94. The molecule has 0 fully saturated rings. The van der Waals surface area contributed by atoms with Gasteiger partial charge in [0.15, 0.2) is 0 Å². The number of rotatable bonds is 2. The van der Waals surface area contributed by atoms with Crippen molar-refractivity contribution in [1.29, 1.82) is 0 Å². The molecule has 1 nitrogen and oxygen atoms in total. The van der Waals surface area contributed by atoms with E-state index in [1.807, 2.05) is 0 Å². The fourth-order valence-corrected chi connectivity index (χ4v) is 1.12. The molecule has 0 aliphatic carbocycles. The Kier molecular flexibility index (Phi) is 3.33. The highest BCUT2D eigenvalue weighted by Gasteiger charge is 1.88. The molecule has 0 N–H and O–H groups in total. The monoisotopic (exact) mass is 154 g/mol. The summed E-state index contributed by atoms with van der Waals surface area (Å²) in [6.45, 7) is 0. The number of halogens is 1. The highest BCUT2D eigenvalue weighted by atomic mass is 35.5. The van der Waals surface area contributed by atoms with Gasteiger partial charge in [0.1, 0.15) is 0 Å². The maximum atomic E-state index is 10.8. The molecule has 0 bridgehead atoms. The third-order valence-electron chi connectivity index (χ3n) is 0.553. The number of alkyl halides is 1. The normalized spacial score (nSPS) is 14.9. The van der Waals surface area contributed by atoms with Crippen LogP contribution in [0.25, 0.3) is 0 Å². The topological polar surface area (TPSA) is 17.1 Å². The molecular weight excluding hydrogens is 144 g/mol. The maximum absolute atomic E-state index is 10.8. The first-order valence-corrected chi connectivity index (χ1v) is 5.55. The van der Waals surface area contributed by atoms with Crippen molar-refractivity contribution < 1.29 is 4.21 Å². The van der Waals surface area contributed by atoms with E-state index in [1.165, 1.54) is 0 Å². The van der Waals surface area contributed by atoms with Crippen molar-refractivity contribution in [2.75, 3.05) is 18.4 Å². The minimum Gasteiger partial charge on any atom is -0.281 e. The Morgan fingerprint density at radius 3 is 2.25 bits per heavy atom. The van der Waals surface area contributed by atoms with Crippen LogP contribution in [0.15, 0.2) is 11.5 Å². The first-order chi connectivity index (χ1) is 3.56. The summed E-state index contributed by atoms with van der Waals surface area (Å²) in [6.07, 6.45) is 5.12. The molecule has 0 rings (SSSR count). The van der Waals surface area contributed by atoms with Crippen LogP contribution in [-0.2, 0) is 9.93 Å². The van der Waals surface area contributed by atoms with Gasteiger partial charge in [0.05, 0.1) is 0 Å². The lowest BCUT2D eigenvalue weighted by atomic mass is 10.8. The Balaban J connectivity index is 3.71. The van der Waals surface area contributed by atoms with Crippen molar-refractivity contribution in [2.45, 2.75) is 0 Å². The molecule has 3 heteroatoms. The molecule has 0 radical (unpaired) electrons. The lowest BCUT2D eigenvalue weighted by Crippen LogP contribution is -1.98. The molecule has 0 saturated carbocycles. The van der Waals surface area contributed by atoms with Crippen LogP contribution >= 0.6 is 11.6 Å². The largest absolute Gasteiger partial charge is 0.281 e. The van der Waals surface area contributed by atoms with Crippen LogP contribution in [0.2, 0.25) is 0 Å². The van der Waals surface area contributed by atoms with E-state index < -0.39 is 9.93 Å². The summed E-state index contributed by atoms with van der Waals surface area (Å²) in [6, 6.07) is 0. The fourth-order valence-electron chi connectivity index (χ4n) is 0.294. The van der Waals surface area contributed by atoms with Gasteiger partial charge in [0, 0.05) is 5.88 Å². The Labute approximate surface area is 56.2 Å². The number of hydrogen-bond donors (Lipinski definition) is 1. The van der Waals surface area contributed by atoms with Crippen molar-refractivity contribution in [3.63, 3.8) is 0 Å². The van der Waals surface area contributed by atoms with Crippen LogP contribution in [-0.4, -0.2) is 22.6 Å². The van der Waals surface area contributed by atoms with Crippen LogP contribution in [0.3, 0.4) is 0 Å². The molecular formula is C5H11ClOS. The van der Waals surface area contributed by atoms with E-state index in [0.717, 1.165) is 0 Å². The minimum absolute atomic E-state index is 0.450. The molecule has 0 aromatic carbocycles. The third kappa shape index (κ3) is 6.18. The maximum Gasteiger partial charge on any atom is 0.0412 e. The molecule has 8 heavy (non-hydrogen) atoms. The molecule has 0 saturated heterocycles. The predicted molar refractivity (Wildman–Crippen MR) is 41.2 cm³/mol. The van der Waals surface area contributed by atoms with Gasteiger partial charge in [-0.15, -0.1) is 11.6 Å². The quantitative estimate of drug-likeness (QED) is 0.464. The van der Waals surface area contributed by atoms with Crippen LogP contribution in [0, 0.1) is 0 Å². The summed E-state index contributed by atoms with van der Waals surface area (Å²) in [7, 11) is -1.95. The summed E-state index contributed by atoms with van der Waals surface area (Å²) in [5, 5.41) is 1.67. The second-order valence-corrected chi connectivity index (χ2v) is 5.45. The van der Waals surface area contributed by atoms with Gasteiger partial charge in [0.2, 0.25) is 0 Å². The van der Waals surface area contributed by atoms with Crippen LogP contribution in [0.4, 0.5) is 0 Å². The first-order valence-electron chi connectivity index (χ1n) is 2.34. The fraction of sp³-hybridized carbons (Fsp3) is 0.600. The number of allylic oxidation sites excluding steroid dienone is 1. The smallest absolute Gasteiger partial charge is 0.0412 e. The van der Waals surface area contributed by atoms with E-state index in [1.54, 1.807) is 24.0 Å². The van der Waals surface area contributed by atoms with E-state index in [0.29, 0.717) is 5.88 Å². The molecule has 0 aliphatic rings. The SMILES string of the molecule is C[SH](C)(=O)C=CCCl. The third-order valence-corrected chi connectivity index (χ3v) is 1.66. The number of thiol groups is 1.